The number of hydrogen-bond donors (Lipinski definition) is 0. The summed E-state index contributed by atoms with van der Waals surface area (Å²) in [5.41, 5.74) is 6.92. The normalized spacial score (nSPS) is 14.6. The third-order valence-electron chi connectivity index (χ3n) is 6.06. The number of aryl methyl sites for hydroxylation is 2. The Morgan fingerprint density at radius 2 is 1.90 bits per heavy atom. The Bertz CT molecular complexity index is 1180. The van der Waals surface area contributed by atoms with Crippen LogP contribution in [0, 0.1) is 13.8 Å². The molecule has 0 unspecified atom stereocenters. The lowest BCUT2D eigenvalue weighted by molar-refractivity contribution is 0.429. The van der Waals surface area contributed by atoms with Crippen LogP contribution in [0.3, 0.4) is 0 Å². The van der Waals surface area contributed by atoms with Crippen LogP contribution in [0.5, 0.6) is 0 Å². The quantitative estimate of drug-likeness (QED) is 0.445. The lowest BCUT2D eigenvalue weighted by Crippen LogP contribution is -2.32. The number of fused-ring (bicyclic) bond motifs is 1. The van der Waals surface area contributed by atoms with Crippen molar-refractivity contribution >= 4 is 5.82 Å². The molecule has 1 atom stereocenters. The lowest BCUT2D eigenvalue weighted by atomic mass is 9.97. The molecule has 2 aromatic carbocycles. The lowest BCUT2D eigenvalue weighted by Gasteiger charge is -2.33. The van der Waals surface area contributed by atoms with Crippen molar-refractivity contribution in [2.75, 3.05) is 11.4 Å². The molecule has 1 aliphatic rings. The SMILES string of the molecule is Cc1cn(-c2ccc(-c3onc4c3CCCN4[C@@H](C)c3ccccc3)cc2C)cn1. The van der Waals surface area contributed by atoms with Gasteiger partial charge in [0.25, 0.3) is 0 Å². The molecule has 0 radical (unpaired) electrons. The van der Waals surface area contributed by atoms with Crippen molar-refractivity contribution in [3.8, 4) is 17.0 Å². The minimum atomic E-state index is 0.261. The Kier molecular flexibility index (Phi) is 4.66. The van der Waals surface area contributed by atoms with Gasteiger partial charge in [-0.25, -0.2) is 4.98 Å². The van der Waals surface area contributed by atoms with Gasteiger partial charge < -0.3 is 14.0 Å². The first-order valence-electron chi connectivity index (χ1n) is 10.5. The molecule has 0 bridgehead atoms. The van der Waals surface area contributed by atoms with Gasteiger partial charge in [0, 0.05) is 29.6 Å². The van der Waals surface area contributed by atoms with Gasteiger partial charge in [0.05, 0.1) is 18.1 Å². The van der Waals surface area contributed by atoms with Gasteiger partial charge in [0.1, 0.15) is 0 Å². The first-order chi connectivity index (χ1) is 14.6. The van der Waals surface area contributed by atoms with Gasteiger partial charge in [0.2, 0.25) is 0 Å². The van der Waals surface area contributed by atoms with E-state index in [1.165, 1.54) is 16.7 Å². The first kappa shape index (κ1) is 18.7. The van der Waals surface area contributed by atoms with Gasteiger partial charge in [-0.15, -0.1) is 0 Å². The molecule has 0 saturated carbocycles. The predicted molar refractivity (Wildman–Crippen MR) is 119 cm³/mol. The van der Waals surface area contributed by atoms with Crippen LogP contribution in [0.1, 0.15) is 41.8 Å². The third-order valence-corrected chi connectivity index (χ3v) is 6.06. The van der Waals surface area contributed by atoms with Crippen molar-refractivity contribution in [1.29, 1.82) is 0 Å². The second-order valence-corrected chi connectivity index (χ2v) is 8.12. The molecule has 0 spiro atoms. The zero-order chi connectivity index (χ0) is 20.7. The summed E-state index contributed by atoms with van der Waals surface area (Å²) in [5.74, 6) is 1.88. The summed E-state index contributed by atoms with van der Waals surface area (Å²) in [6.45, 7) is 7.36. The monoisotopic (exact) mass is 398 g/mol. The average Bonchev–Trinajstić information content (AvgIpc) is 3.40. The average molecular weight is 399 g/mol. The molecular formula is C25H26N4O. The van der Waals surface area contributed by atoms with E-state index < -0.39 is 0 Å². The summed E-state index contributed by atoms with van der Waals surface area (Å²) >= 11 is 0. The number of benzene rings is 2. The molecule has 1 aliphatic heterocycles. The zero-order valence-electron chi connectivity index (χ0n) is 17.7. The molecule has 30 heavy (non-hydrogen) atoms. The first-order valence-corrected chi connectivity index (χ1v) is 10.5. The highest BCUT2D eigenvalue weighted by atomic mass is 16.5. The number of aromatic nitrogens is 3. The number of imidazole rings is 1. The van der Waals surface area contributed by atoms with Crippen molar-refractivity contribution < 1.29 is 4.52 Å². The maximum Gasteiger partial charge on any atom is 0.176 e. The minimum Gasteiger partial charge on any atom is -0.354 e. The second-order valence-electron chi connectivity index (χ2n) is 8.12. The molecule has 0 aliphatic carbocycles. The van der Waals surface area contributed by atoms with Crippen LogP contribution in [0.4, 0.5) is 5.82 Å². The fraction of sp³-hybridized carbons (Fsp3) is 0.280. The number of nitrogens with zero attached hydrogens (tertiary/aromatic N) is 4. The smallest absolute Gasteiger partial charge is 0.176 e. The van der Waals surface area contributed by atoms with Crippen LogP contribution < -0.4 is 4.90 Å². The zero-order valence-corrected chi connectivity index (χ0v) is 17.7. The molecule has 2 aromatic heterocycles. The van der Waals surface area contributed by atoms with E-state index in [1.807, 2.05) is 19.4 Å². The third kappa shape index (κ3) is 3.20. The fourth-order valence-electron chi connectivity index (χ4n) is 4.44. The van der Waals surface area contributed by atoms with E-state index in [-0.39, 0.29) is 6.04 Å². The molecule has 0 N–H and O–H groups in total. The fourth-order valence-corrected chi connectivity index (χ4v) is 4.44. The number of hydrogen-bond acceptors (Lipinski definition) is 4. The van der Waals surface area contributed by atoms with E-state index in [2.05, 4.69) is 82.0 Å². The van der Waals surface area contributed by atoms with E-state index in [4.69, 9.17) is 4.52 Å². The van der Waals surface area contributed by atoms with Crippen LogP contribution >= 0.6 is 0 Å². The van der Waals surface area contributed by atoms with Crippen molar-refractivity contribution in [2.45, 2.75) is 39.7 Å². The van der Waals surface area contributed by atoms with Crippen molar-refractivity contribution in [3.63, 3.8) is 0 Å². The highest BCUT2D eigenvalue weighted by Gasteiger charge is 2.29. The van der Waals surface area contributed by atoms with Crippen molar-refractivity contribution in [3.05, 3.63) is 83.4 Å². The summed E-state index contributed by atoms with van der Waals surface area (Å²) in [4.78, 5) is 6.71. The summed E-state index contributed by atoms with van der Waals surface area (Å²) in [6, 6.07) is 17.3. The maximum atomic E-state index is 5.91. The maximum absolute atomic E-state index is 5.91. The van der Waals surface area contributed by atoms with E-state index in [0.29, 0.717) is 0 Å². The standard InChI is InChI=1S/C25H26N4O/c1-17-14-21(11-12-23(17)28-15-18(2)26-16-28)24-22-10-7-13-29(25(22)27-30-24)19(3)20-8-5-4-6-9-20/h4-6,8-9,11-12,14-16,19H,7,10,13H2,1-3H3/t19-/m0/s1. The summed E-state index contributed by atoms with van der Waals surface area (Å²) in [5, 5.41) is 4.51. The molecule has 3 heterocycles. The van der Waals surface area contributed by atoms with Crippen LogP contribution in [0.15, 0.2) is 65.6 Å². The van der Waals surface area contributed by atoms with Gasteiger partial charge >= 0.3 is 0 Å². The topological polar surface area (TPSA) is 47.1 Å². The van der Waals surface area contributed by atoms with Crippen molar-refractivity contribution in [1.82, 2.24) is 14.7 Å². The molecule has 5 rings (SSSR count). The van der Waals surface area contributed by atoms with E-state index in [0.717, 1.165) is 47.9 Å². The Hall–Kier alpha value is -3.34. The van der Waals surface area contributed by atoms with E-state index in [1.54, 1.807) is 0 Å². The van der Waals surface area contributed by atoms with Gasteiger partial charge in [-0.1, -0.05) is 35.5 Å². The Morgan fingerprint density at radius 1 is 1.07 bits per heavy atom. The number of rotatable bonds is 4. The molecule has 4 aromatic rings. The second kappa shape index (κ2) is 7.48. The largest absolute Gasteiger partial charge is 0.354 e. The van der Waals surface area contributed by atoms with Crippen LogP contribution in [0.25, 0.3) is 17.0 Å². The summed E-state index contributed by atoms with van der Waals surface area (Å²) < 4.78 is 7.98. The molecule has 5 heteroatoms. The summed E-state index contributed by atoms with van der Waals surface area (Å²) in [7, 11) is 0. The van der Waals surface area contributed by atoms with E-state index in [9.17, 15) is 0 Å². The minimum absolute atomic E-state index is 0.261. The van der Waals surface area contributed by atoms with Crippen LogP contribution in [-0.2, 0) is 6.42 Å². The molecule has 0 saturated heterocycles. The number of anilines is 1. The predicted octanol–water partition coefficient (Wildman–Crippen LogP) is 5.66. The van der Waals surface area contributed by atoms with Gasteiger partial charge in [-0.3, -0.25) is 0 Å². The molecule has 5 nitrogen and oxygen atoms in total. The molecule has 0 fully saturated rings. The molecule has 152 valence electrons. The highest BCUT2D eigenvalue weighted by molar-refractivity contribution is 5.70. The Balaban J connectivity index is 1.49. The van der Waals surface area contributed by atoms with Crippen molar-refractivity contribution in [2.24, 2.45) is 0 Å². The van der Waals surface area contributed by atoms with Gasteiger partial charge in [0.15, 0.2) is 11.6 Å². The van der Waals surface area contributed by atoms with Gasteiger partial charge in [-0.2, -0.15) is 0 Å². The Morgan fingerprint density at radius 3 is 2.63 bits per heavy atom. The van der Waals surface area contributed by atoms with Gasteiger partial charge in [-0.05, 0) is 62.9 Å². The highest BCUT2D eigenvalue weighted by Crippen LogP contribution is 2.39. The van der Waals surface area contributed by atoms with E-state index >= 15 is 0 Å². The molecular weight excluding hydrogens is 372 g/mol. The van der Waals surface area contributed by atoms with Crippen LogP contribution in [0.2, 0.25) is 0 Å². The molecule has 0 amide bonds. The summed E-state index contributed by atoms with van der Waals surface area (Å²) in [6.07, 6.45) is 6.00. The van der Waals surface area contributed by atoms with Crippen LogP contribution in [-0.4, -0.2) is 21.3 Å². The Labute approximate surface area is 177 Å².